The van der Waals surface area contributed by atoms with Crippen LogP contribution in [0.3, 0.4) is 0 Å². The zero-order valence-corrected chi connectivity index (χ0v) is 18.5. The number of carbonyl (C=O) groups excluding carboxylic acids is 1. The molecule has 0 spiro atoms. The van der Waals surface area contributed by atoms with Crippen LogP contribution < -0.4 is 15.6 Å². The van der Waals surface area contributed by atoms with Crippen molar-refractivity contribution in [3.63, 3.8) is 0 Å². The molecule has 0 bridgehead atoms. The number of nitrogens with one attached hydrogen (secondary N) is 3. The highest BCUT2D eigenvalue weighted by molar-refractivity contribution is 7.89. The van der Waals surface area contributed by atoms with Gasteiger partial charge < -0.3 is 0 Å². The molecule has 0 aromatic carbocycles. The van der Waals surface area contributed by atoms with Crippen LogP contribution in [0.25, 0.3) is 0 Å². The molecular formula is C18H30ClF3N4O3S. The quantitative estimate of drug-likeness (QED) is 0.402. The molecule has 7 nitrogen and oxygen atoms in total. The molecule has 0 radical (unpaired) electrons. The normalized spacial score (nSPS) is 37.8. The third-order valence-electron chi connectivity index (χ3n) is 6.38. The van der Waals surface area contributed by atoms with Gasteiger partial charge in [0.25, 0.3) is 0 Å². The molecule has 1 saturated heterocycles. The van der Waals surface area contributed by atoms with Gasteiger partial charge in [-0.3, -0.25) is 20.4 Å². The Hall–Kier alpha value is -0.620. The number of hydrogen-bond acceptors (Lipinski definition) is 5. The van der Waals surface area contributed by atoms with Gasteiger partial charge in [0.15, 0.2) is 0 Å². The first-order chi connectivity index (χ1) is 14.0. The zero-order chi connectivity index (χ0) is 22.1. The predicted molar refractivity (Wildman–Crippen MR) is 107 cm³/mol. The minimum Gasteiger partial charge on any atom is -0.300 e. The van der Waals surface area contributed by atoms with Gasteiger partial charge in [0.2, 0.25) is 21.9 Å². The summed E-state index contributed by atoms with van der Waals surface area (Å²) in [5.74, 6) is -5.94. The maximum Gasteiger partial charge on any atom is 0.248 e. The van der Waals surface area contributed by atoms with Crippen LogP contribution in [-0.4, -0.2) is 68.8 Å². The molecule has 30 heavy (non-hydrogen) atoms. The molecule has 2 aliphatic carbocycles. The van der Waals surface area contributed by atoms with Crippen LogP contribution in [0.2, 0.25) is 0 Å². The van der Waals surface area contributed by atoms with Crippen molar-refractivity contribution >= 4 is 27.5 Å². The van der Waals surface area contributed by atoms with Gasteiger partial charge in [-0.1, -0.05) is 0 Å². The number of hydrogen-bond donors (Lipinski definition) is 3. The predicted octanol–water partition coefficient (Wildman–Crippen LogP) is 1.60. The molecule has 3 N–H and O–H groups in total. The highest BCUT2D eigenvalue weighted by Crippen LogP contribution is 2.38. The van der Waals surface area contributed by atoms with E-state index in [1.165, 1.54) is 0 Å². The van der Waals surface area contributed by atoms with Crippen molar-refractivity contribution in [3.8, 4) is 0 Å². The Bertz CT molecular complexity index is 729. The van der Waals surface area contributed by atoms with Crippen LogP contribution in [0.15, 0.2) is 0 Å². The maximum atomic E-state index is 14.6. The molecule has 174 valence electrons. The summed E-state index contributed by atoms with van der Waals surface area (Å²) in [4.78, 5) is 16.6. The van der Waals surface area contributed by atoms with Crippen LogP contribution in [0, 0.1) is 17.8 Å². The zero-order valence-electron chi connectivity index (χ0n) is 16.9. The van der Waals surface area contributed by atoms with Crippen molar-refractivity contribution in [1.82, 2.24) is 20.5 Å². The smallest absolute Gasteiger partial charge is 0.248 e. The lowest BCUT2D eigenvalue weighted by molar-refractivity contribution is -0.129. The average molecular weight is 475 g/mol. The van der Waals surface area contributed by atoms with E-state index < -0.39 is 57.4 Å². The van der Waals surface area contributed by atoms with Gasteiger partial charge in [-0.05, 0) is 44.6 Å². The second-order valence-corrected chi connectivity index (χ2v) is 11.3. The van der Waals surface area contributed by atoms with Gasteiger partial charge >= 0.3 is 0 Å². The topological polar surface area (TPSA) is 90.5 Å². The van der Waals surface area contributed by atoms with Crippen molar-refractivity contribution in [2.45, 2.75) is 62.0 Å². The molecule has 1 amide bonds. The van der Waals surface area contributed by atoms with Gasteiger partial charge in [0.1, 0.15) is 6.17 Å². The Morgan fingerprint density at radius 2 is 2.07 bits per heavy atom. The fourth-order valence-electron chi connectivity index (χ4n) is 4.85. The minimum absolute atomic E-state index is 0.0127. The Kier molecular flexibility index (Phi) is 7.59. The average Bonchev–Trinajstić information content (AvgIpc) is 3.07. The first kappa shape index (κ1) is 24.0. The van der Waals surface area contributed by atoms with Crippen LogP contribution >= 0.6 is 11.6 Å². The molecular weight excluding hydrogens is 445 g/mol. The Balaban J connectivity index is 1.54. The highest BCUT2D eigenvalue weighted by atomic mass is 35.5. The molecule has 6 unspecified atom stereocenters. The summed E-state index contributed by atoms with van der Waals surface area (Å²) in [6.07, 6.45) is -0.997. The summed E-state index contributed by atoms with van der Waals surface area (Å²) in [6.45, 7) is 1.46. The van der Waals surface area contributed by atoms with Crippen molar-refractivity contribution in [1.29, 1.82) is 0 Å². The number of carbonyl (C=O) groups is 1. The van der Waals surface area contributed by atoms with Crippen LogP contribution in [0.1, 0.15) is 38.5 Å². The Morgan fingerprint density at radius 1 is 1.33 bits per heavy atom. The number of amides is 1. The van der Waals surface area contributed by atoms with Gasteiger partial charge in [-0.25, -0.2) is 21.6 Å². The third kappa shape index (κ3) is 6.21. The van der Waals surface area contributed by atoms with E-state index in [-0.39, 0.29) is 31.2 Å². The van der Waals surface area contributed by atoms with E-state index in [0.717, 1.165) is 6.54 Å². The number of sulfonamides is 1. The van der Waals surface area contributed by atoms with E-state index in [1.54, 1.807) is 0 Å². The second kappa shape index (κ2) is 9.48. The number of hydrazine groups is 1. The van der Waals surface area contributed by atoms with E-state index in [0.29, 0.717) is 19.5 Å². The summed E-state index contributed by atoms with van der Waals surface area (Å²) >= 11 is 6.16. The summed E-state index contributed by atoms with van der Waals surface area (Å²) in [5, 5.41) is 2.48. The lowest BCUT2D eigenvalue weighted by atomic mass is 9.76. The lowest BCUT2D eigenvalue weighted by Crippen LogP contribution is -2.52. The molecule has 1 heterocycles. The number of likely N-dealkylation sites (N-methyl/N-ethyl adjacent to an activating group) is 1. The first-order valence-electron chi connectivity index (χ1n) is 10.3. The monoisotopic (exact) mass is 474 g/mol. The van der Waals surface area contributed by atoms with E-state index >= 15 is 0 Å². The maximum absolute atomic E-state index is 14.6. The summed E-state index contributed by atoms with van der Waals surface area (Å²) < 4.78 is 66.1. The van der Waals surface area contributed by atoms with Crippen LogP contribution in [0.4, 0.5) is 13.2 Å². The molecule has 0 aromatic rings. The molecule has 6 atom stereocenters. The minimum atomic E-state index is -4.02. The van der Waals surface area contributed by atoms with E-state index in [9.17, 15) is 26.4 Å². The molecule has 3 aliphatic rings. The molecule has 12 heteroatoms. The lowest BCUT2D eigenvalue weighted by Gasteiger charge is -2.37. The largest absolute Gasteiger partial charge is 0.300 e. The van der Waals surface area contributed by atoms with Crippen molar-refractivity contribution in [3.05, 3.63) is 0 Å². The fraction of sp³-hybridized carbons (Fsp3) is 0.944. The van der Waals surface area contributed by atoms with Crippen molar-refractivity contribution in [2.24, 2.45) is 17.8 Å². The van der Waals surface area contributed by atoms with Gasteiger partial charge in [0, 0.05) is 32.1 Å². The van der Waals surface area contributed by atoms with Gasteiger partial charge in [-0.15, -0.1) is 16.4 Å². The molecule has 3 fully saturated rings. The van der Waals surface area contributed by atoms with Crippen LogP contribution in [0.5, 0.6) is 0 Å². The number of rotatable bonds is 6. The standard InChI is InChI=1S/C18H30ClF3N4O3S/c1-26-8-15(23-10-26)12-5-13(16(20)14(19)6-12)17(27)24-25-30(28,29)9-11-3-2-4-18(21,22)7-11/h11-16,23,25H,2-10H2,1H3,(H,24,27). The van der Waals surface area contributed by atoms with Crippen LogP contribution in [-0.2, 0) is 14.8 Å². The molecule has 1 aliphatic heterocycles. The SMILES string of the molecule is CN1CNC(C2CC(Cl)C(F)C(C(=O)NNS(=O)(=O)CC3CCCC(F)(F)C3)C2)C1. The fourth-order valence-corrected chi connectivity index (χ4v) is 6.50. The van der Waals surface area contributed by atoms with E-state index in [1.807, 2.05) is 11.9 Å². The number of halogens is 4. The first-order valence-corrected chi connectivity index (χ1v) is 12.4. The molecule has 3 rings (SSSR count). The van der Waals surface area contributed by atoms with Gasteiger partial charge in [0.05, 0.1) is 17.0 Å². The Labute approximate surface area is 180 Å². The molecule has 0 aromatic heterocycles. The number of alkyl halides is 4. The van der Waals surface area contributed by atoms with E-state index in [4.69, 9.17) is 11.6 Å². The summed E-state index contributed by atoms with van der Waals surface area (Å²) in [6, 6.07) is 0.0868. The van der Waals surface area contributed by atoms with Crippen molar-refractivity contribution < 1.29 is 26.4 Å². The summed E-state index contributed by atoms with van der Waals surface area (Å²) in [7, 11) is -2.07. The van der Waals surface area contributed by atoms with E-state index in [2.05, 4.69) is 15.6 Å². The Morgan fingerprint density at radius 3 is 2.70 bits per heavy atom. The third-order valence-corrected chi connectivity index (χ3v) is 8.12. The summed E-state index contributed by atoms with van der Waals surface area (Å²) in [5.41, 5.74) is 2.08. The molecule has 2 saturated carbocycles. The van der Waals surface area contributed by atoms with Gasteiger partial charge in [-0.2, -0.15) is 0 Å². The van der Waals surface area contributed by atoms with Crippen molar-refractivity contribution in [2.75, 3.05) is 26.0 Å². The second-order valence-electron chi connectivity index (χ2n) is 9.00. The number of nitrogens with zero attached hydrogens (tertiary/aromatic N) is 1. The highest BCUT2D eigenvalue weighted by Gasteiger charge is 2.44.